The number of pyridine rings is 2. The summed E-state index contributed by atoms with van der Waals surface area (Å²) in [6, 6.07) is 14.4. The van der Waals surface area contributed by atoms with Crippen LogP contribution in [0.15, 0.2) is 59.5 Å². The molecule has 0 fully saturated rings. The van der Waals surface area contributed by atoms with E-state index in [1.807, 2.05) is 50.2 Å². The number of benzene rings is 1. The number of anilines is 1. The number of hydrogen-bond donors (Lipinski definition) is 3. The molecule has 41 heavy (non-hydrogen) atoms. The highest BCUT2D eigenvalue weighted by Gasteiger charge is 2.27. The second-order valence-electron chi connectivity index (χ2n) is 10.4. The van der Waals surface area contributed by atoms with Gasteiger partial charge >= 0.3 is 0 Å². The van der Waals surface area contributed by atoms with Crippen molar-refractivity contribution in [3.63, 3.8) is 0 Å². The molecule has 2 amide bonds. The van der Waals surface area contributed by atoms with Crippen molar-refractivity contribution in [1.82, 2.24) is 19.3 Å². The molecule has 0 spiro atoms. The van der Waals surface area contributed by atoms with Crippen LogP contribution in [-0.4, -0.2) is 32.8 Å². The second-order valence-corrected chi connectivity index (χ2v) is 11.5. The summed E-state index contributed by atoms with van der Waals surface area (Å²) in [5.41, 5.74) is 3.66. The Labute approximate surface area is 240 Å². The predicted octanol–water partition coefficient (Wildman–Crippen LogP) is 4.60. The van der Waals surface area contributed by atoms with Crippen LogP contribution < -0.4 is 21.7 Å². The van der Waals surface area contributed by atoms with Crippen LogP contribution >= 0.6 is 11.3 Å². The van der Waals surface area contributed by atoms with Crippen molar-refractivity contribution in [2.75, 3.05) is 12.4 Å². The van der Waals surface area contributed by atoms with Gasteiger partial charge in [0.05, 0.1) is 22.6 Å². The fourth-order valence-electron chi connectivity index (χ4n) is 5.68. The number of carbonyl (C=O) groups is 2. The first-order chi connectivity index (χ1) is 19.8. The topological polar surface area (TPSA) is 121 Å². The van der Waals surface area contributed by atoms with Crippen LogP contribution in [0, 0.1) is 12.3 Å². The van der Waals surface area contributed by atoms with E-state index >= 15 is 0 Å². The molecule has 5 aromatic rings. The normalized spacial score (nSPS) is 13.6. The Morgan fingerprint density at radius 1 is 1.05 bits per heavy atom. The van der Waals surface area contributed by atoms with Gasteiger partial charge in [-0.2, -0.15) is 0 Å². The van der Waals surface area contributed by atoms with Gasteiger partial charge in [-0.1, -0.05) is 36.4 Å². The van der Waals surface area contributed by atoms with Gasteiger partial charge in [0.1, 0.15) is 21.8 Å². The molecule has 1 atom stereocenters. The van der Waals surface area contributed by atoms with E-state index in [4.69, 9.17) is 4.98 Å². The summed E-state index contributed by atoms with van der Waals surface area (Å²) in [5, 5.41) is 15.5. The van der Waals surface area contributed by atoms with E-state index in [9.17, 15) is 19.8 Å². The summed E-state index contributed by atoms with van der Waals surface area (Å²) in [7, 11) is 1.58. The maximum absolute atomic E-state index is 13.9. The number of amides is 2. The predicted molar refractivity (Wildman–Crippen MR) is 160 cm³/mol. The Morgan fingerprint density at radius 3 is 2.56 bits per heavy atom. The zero-order chi connectivity index (χ0) is 28.8. The lowest BCUT2D eigenvalue weighted by Gasteiger charge is -2.21. The number of rotatable bonds is 5. The largest absolute Gasteiger partial charge is 0.355 e. The van der Waals surface area contributed by atoms with Gasteiger partial charge in [0, 0.05) is 18.1 Å². The Morgan fingerprint density at radius 2 is 1.80 bits per heavy atom. The number of thiophene rings is 1. The summed E-state index contributed by atoms with van der Waals surface area (Å²) >= 11 is 1.41. The number of hydrogen-bond acceptors (Lipinski definition) is 6. The Kier molecular flexibility index (Phi) is 6.78. The maximum atomic E-state index is 13.9. The molecule has 0 saturated heterocycles. The first-order valence-corrected chi connectivity index (χ1v) is 14.5. The zero-order valence-electron chi connectivity index (χ0n) is 23.1. The van der Waals surface area contributed by atoms with Crippen molar-refractivity contribution >= 4 is 44.8 Å². The van der Waals surface area contributed by atoms with E-state index in [0.717, 1.165) is 47.3 Å². The van der Waals surface area contributed by atoms with Gasteiger partial charge in [0.25, 0.3) is 17.4 Å². The molecule has 0 radical (unpaired) electrons. The molecule has 3 N–H and O–H groups in total. The third-order valence-electron chi connectivity index (χ3n) is 7.84. The van der Waals surface area contributed by atoms with E-state index in [0.29, 0.717) is 21.9 Å². The highest BCUT2D eigenvalue weighted by Crippen LogP contribution is 2.38. The standard InChI is InChI=1S/C31H30N6O3S/c1-17-10-9-15-36-26(17)34-27-22(31(36)40)16-21(25(32)37(27)18(2)19-11-5-4-6-12-19)28(38)35-30-24(29(39)33-3)20-13-7-8-14-23(20)41-30/h4-6,9-12,15-16,18,32H,7-8,13-14H2,1-3H3,(H,33,39)(H,35,38). The number of nitrogens with zero attached hydrogens (tertiary/aromatic N) is 3. The fourth-order valence-corrected chi connectivity index (χ4v) is 6.96. The quantitative estimate of drug-likeness (QED) is 0.269. The number of aryl methyl sites for hydroxylation is 2. The molecular weight excluding hydrogens is 536 g/mol. The van der Waals surface area contributed by atoms with E-state index in [1.165, 1.54) is 21.8 Å². The van der Waals surface area contributed by atoms with Crippen LogP contribution in [0.5, 0.6) is 0 Å². The molecule has 1 aliphatic carbocycles. The Bertz CT molecular complexity index is 1970. The number of carbonyl (C=O) groups excluding carboxylic acids is 2. The van der Waals surface area contributed by atoms with Crippen LogP contribution in [0.1, 0.15) is 68.1 Å². The summed E-state index contributed by atoms with van der Waals surface area (Å²) in [5.74, 6) is -0.801. The molecule has 0 aliphatic heterocycles. The molecular formula is C31H30N6O3S. The van der Waals surface area contributed by atoms with Crippen molar-refractivity contribution in [3.05, 3.63) is 103 Å². The van der Waals surface area contributed by atoms with Gasteiger partial charge in [0.2, 0.25) is 0 Å². The monoisotopic (exact) mass is 566 g/mol. The van der Waals surface area contributed by atoms with Crippen LogP contribution in [0.25, 0.3) is 16.7 Å². The third-order valence-corrected chi connectivity index (χ3v) is 9.05. The lowest BCUT2D eigenvalue weighted by atomic mass is 9.95. The van der Waals surface area contributed by atoms with Crippen LogP contribution in [0.4, 0.5) is 5.00 Å². The molecule has 4 heterocycles. The number of nitrogens with one attached hydrogen (secondary N) is 3. The van der Waals surface area contributed by atoms with Gasteiger partial charge < -0.3 is 15.2 Å². The van der Waals surface area contributed by atoms with Crippen molar-refractivity contribution in [3.8, 4) is 0 Å². The SMILES string of the molecule is CNC(=O)c1c(NC(=O)c2cc3c(=O)n4cccc(C)c4nc3n(C(C)c3ccccc3)c2=N)sc2c1CCCC2. The molecule has 10 heteroatoms. The molecule has 1 aliphatic rings. The smallest absolute Gasteiger partial charge is 0.267 e. The maximum Gasteiger partial charge on any atom is 0.267 e. The van der Waals surface area contributed by atoms with Crippen LogP contribution in [0.3, 0.4) is 0 Å². The summed E-state index contributed by atoms with van der Waals surface area (Å²) in [6.45, 7) is 3.81. The van der Waals surface area contributed by atoms with E-state index < -0.39 is 11.9 Å². The van der Waals surface area contributed by atoms with Crippen LogP contribution in [0.2, 0.25) is 0 Å². The molecule has 4 aromatic heterocycles. The van der Waals surface area contributed by atoms with Gasteiger partial charge in [-0.25, -0.2) is 4.98 Å². The summed E-state index contributed by atoms with van der Waals surface area (Å²) in [6.07, 6.45) is 5.33. The fraction of sp³-hybridized carbons (Fsp3) is 0.258. The molecule has 1 aromatic carbocycles. The van der Waals surface area contributed by atoms with Gasteiger partial charge in [-0.15, -0.1) is 11.3 Å². The third kappa shape index (κ3) is 4.44. The summed E-state index contributed by atoms with van der Waals surface area (Å²) < 4.78 is 3.12. The lowest BCUT2D eigenvalue weighted by Crippen LogP contribution is -2.34. The summed E-state index contributed by atoms with van der Waals surface area (Å²) in [4.78, 5) is 46.5. The van der Waals surface area contributed by atoms with Crippen LogP contribution in [-0.2, 0) is 12.8 Å². The van der Waals surface area contributed by atoms with Crippen molar-refractivity contribution in [2.24, 2.45) is 0 Å². The minimum atomic E-state index is -0.552. The highest BCUT2D eigenvalue weighted by atomic mass is 32.1. The molecule has 0 bridgehead atoms. The molecule has 1 unspecified atom stereocenters. The Hall–Kier alpha value is -4.57. The molecule has 9 nitrogen and oxygen atoms in total. The minimum absolute atomic E-state index is 0.0287. The first kappa shape index (κ1) is 26.6. The molecule has 208 valence electrons. The minimum Gasteiger partial charge on any atom is -0.355 e. The Balaban J connectivity index is 1.57. The average molecular weight is 567 g/mol. The van der Waals surface area contributed by atoms with Crippen molar-refractivity contribution in [1.29, 1.82) is 5.41 Å². The van der Waals surface area contributed by atoms with E-state index in [2.05, 4.69) is 10.6 Å². The van der Waals surface area contributed by atoms with E-state index in [1.54, 1.807) is 23.9 Å². The van der Waals surface area contributed by atoms with E-state index in [-0.39, 0.29) is 27.9 Å². The van der Waals surface area contributed by atoms with Gasteiger partial charge in [-0.05, 0) is 68.4 Å². The lowest BCUT2D eigenvalue weighted by molar-refractivity contribution is 0.0963. The average Bonchev–Trinajstić information content (AvgIpc) is 3.35. The molecule has 6 rings (SSSR count). The first-order valence-electron chi connectivity index (χ1n) is 13.6. The van der Waals surface area contributed by atoms with Gasteiger partial charge in [0.15, 0.2) is 0 Å². The second kappa shape index (κ2) is 10.4. The number of fused-ring (bicyclic) bond motifs is 3. The van der Waals surface area contributed by atoms with Crippen molar-refractivity contribution in [2.45, 2.75) is 45.6 Å². The zero-order valence-corrected chi connectivity index (χ0v) is 23.9. The van der Waals surface area contributed by atoms with Crippen molar-refractivity contribution < 1.29 is 9.59 Å². The van der Waals surface area contributed by atoms with Gasteiger partial charge in [-0.3, -0.25) is 24.2 Å². The molecule has 0 saturated carbocycles. The highest BCUT2D eigenvalue weighted by molar-refractivity contribution is 7.17. The number of aromatic nitrogens is 3.